The van der Waals surface area contributed by atoms with Crippen LogP contribution in [0.2, 0.25) is 0 Å². The molecule has 1 aliphatic heterocycles. The number of anilines is 2. The summed E-state index contributed by atoms with van der Waals surface area (Å²) >= 11 is 0. The van der Waals surface area contributed by atoms with Crippen LogP contribution in [0.5, 0.6) is 0 Å². The summed E-state index contributed by atoms with van der Waals surface area (Å²) in [6.45, 7) is 2.09. The van der Waals surface area contributed by atoms with Crippen LogP contribution >= 0.6 is 12.4 Å². The molecule has 1 aromatic heterocycles. The first-order chi connectivity index (χ1) is 9.78. The van der Waals surface area contributed by atoms with Gasteiger partial charge in [0.1, 0.15) is 0 Å². The van der Waals surface area contributed by atoms with Gasteiger partial charge in [0.25, 0.3) is 0 Å². The van der Waals surface area contributed by atoms with Crippen LogP contribution in [0, 0.1) is 0 Å². The molecule has 0 aliphatic carbocycles. The summed E-state index contributed by atoms with van der Waals surface area (Å²) < 4.78 is 0. The second-order valence-electron chi connectivity index (χ2n) is 5.31. The molecule has 1 unspecified atom stereocenters. The van der Waals surface area contributed by atoms with Crippen LogP contribution in [0.25, 0.3) is 11.0 Å². The number of para-hydroxylation sites is 2. The molecule has 1 fully saturated rings. The van der Waals surface area contributed by atoms with Gasteiger partial charge in [-0.15, -0.1) is 12.4 Å². The van der Waals surface area contributed by atoms with Gasteiger partial charge in [-0.05, 0) is 31.5 Å². The third kappa shape index (κ3) is 3.36. The van der Waals surface area contributed by atoms with Gasteiger partial charge in [-0.2, -0.15) is 0 Å². The molecule has 2 heterocycles. The Morgan fingerprint density at radius 1 is 1.29 bits per heavy atom. The minimum atomic E-state index is 0. The maximum Gasteiger partial charge on any atom is 0.172 e. The van der Waals surface area contributed by atoms with Crippen molar-refractivity contribution in [3.8, 4) is 0 Å². The van der Waals surface area contributed by atoms with E-state index in [1.165, 1.54) is 12.8 Å². The fraction of sp³-hybridized carbons (Fsp3) is 0.467. The van der Waals surface area contributed by atoms with Crippen molar-refractivity contribution in [1.82, 2.24) is 15.3 Å². The number of likely N-dealkylation sites (N-methyl/N-ethyl adjacent to an activating group) is 1. The second-order valence-corrected chi connectivity index (χ2v) is 5.31. The van der Waals surface area contributed by atoms with Crippen LogP contribution in [0.4, 0.5) is 11.6 Å². The van der Waals surface area contributed by atoms with E-state index < -0.39 is 0 Å². The molecule has 2 aromatic rings. The van der Waals surface area contributed by atoms with Crippen LogP contribution in [0.1, 0.15) is 12.8 Å². The Morgan fingerprint density at radius 3 is 2.62 bits per heavy atom. The number of aromatic nitrogens is 2. The zero-order valence-corrected chi connectivity index (χ0v) is 13.3. The van der Waals surface area contributed by atoms with Crippen LogP contribution in [-0.2, 0) is 0 Å². The van der Waals surface area contributed by atoms with Crippen molar-refractivity contribution in [2.45, 2.75) is 18.9 Å². The molecule has 21 heavy (non-hydrogen) atoms. The predicted octanol–water partition coefficient (Wildman–Crippen LogP) is 2.28. The minimum absolute atomic E-state index is 0. The summed E-state index contributed by atoms with van der Waals surface area (Å²) in [6.07, 6.45) is 2.50. The van der Waals surface area contributed by atoms with Crippen molar-refractivity contribution in [3.05, 3.63) is 24.3 Å². The molecule has 0 saturated carbocycles. The third-order valence-corrected chi connectivity index (χ3v) is 3.81. The maximum atomic E-state index is 4.76. The number of fused-ring (bicyclic) bond motifs is 1. The Labute approximate surface area is 131 Å². The van der Waals surface area contributed by atoms with Crippen molar-refractivity contribution in [2.75, 3.05) is 37.4 Å². The molecular weight excluding hydrogens is 286 g/mol. The second kappa shape index (κ2) is 6.91. The summed E-state index contributed by atoms with van der Waals surface area (Å²) in [5, 5.41) is 6.68. The van der Waals surface area contributed by atoms with Gasteiger partial charge in [-0.3, -0.25) is 0 Å². The fourth-order valence-corrected chi connectivity index (χ4v) is 2.75. The van der Waals surface area contributed by atoms with Crippen LogP contribution < -0.4 is 15.5 Å². The van der Waals surface area contributed by atoms with E-state index in [9.17, 15) is 0 Å². The average Bonchev–Trinajstić information content (AvgIpc) is 2.98. The molecule has 2 N–H and O–H groups in total. The number of nitrogens with one attached hydrogen (secondary N) is 2. The third-order valence-electron chi connectivity index (χ3n) is 3.81. The number of benzene rings is 1. The normalized spacial score (nSPS) is 17.5. The first kappa shape index (κ1) is 15.8. The molecule has 0 radical (unpaired) electrons. The number of hydrogen-bond donors (Lipinski definition) is 2. The Kier molecular flexibility index (Phi) is 5.20. The lowest BCUT2D eigenvalue weighted by Gasteiger charge is -2.24. The molecule has 1 aliphatic rings. The molecule has 0 spiro atoms. The van der Waals surface area contributed by atoms with Crippen molar-refractivity contribution in [3.63, 3.8) is 0 Å². The Hall–Kier alpha value is -1.59. The van der Waals surface area contributed by atoms with E-state index in [0.717, 1.165) is 35.8 Å². The first-order valence-corrected chi connectivity index (χ1v) is 7.17. The van der Waals surface area contributed by atoms with Crippen molar-refractivity contribution in [1.29, 1.82) is 0 Å². The van der Waals surface area contributed by atoms with Crippen molar-refractivity contribution >= 4 is 35.1 Å². The monoisotopic (exact) mass is 307 g/mol. The smallest absolute Gasteiger partial charge is 0.172 e. The lowest BCUT2D eigenvalue weighted by molar-refractivity contribution is 0.597. The number of hydrogen-bond acceptors (Lipinski definition) is 5. The van der Waals surface area contributed by atoms with Gasteiger partial charge in [0, 0.05) is 26.7 Å². The zero-order chi connectivity index (χ0) is 13.9. The lowest BCUT2D eigenvalue weighted by Crippen LogP contribution is -2.36. The quantitative estimate of drug-likeness (QED) is 0.907. The minimum Gasteiger partial charge on any atom is -0.370 e. The molecule has 0 amide bonds. The van der Waals surface area contributed by atoms with E-state index >= 15 is 0 Å². The number of nitrogens with zero attached hydrogens (tertiary/aromatic N) is 3. The lowest BCUT2D eigenvalue weighted by atomic mass is 10.2. The molecule has 6 heteroatoms. The van der Waals surface area contributed by atoms with E-state index in [4.69, 9.17) is 4.98 Å². The van der Waals surface area contributed by atoms with Gasteiger partial charge in [-0.1, -0.05) is 12.1 Å². The van der Waals surface area contributed by atoms with E-state index in [1.807, 2.05) is 31.3 Å². The van der Waals surface area contributed by atoms with Crippen LogP contribution in [0.15, 0.2) is 24.3 Å². The number of rotatable bonds is 4. The highest BCUT2D eigenvalue weighted by Crippen LogP contribution is 2.24. The van der Waals surface area contributed by atoms with E-state index in [1.54, 1.807) is 0 Å². The SMILES string of the molecule is CNc1nc2ccccc2nc1N(C)CC1CCCN1.Cl. The zero-order valence-electron chi connectivity index (χ0n) is 12.5. The topological polar surface area (TPSA) is 53.1 Å². The summed E-state index contributed by atoms with van der Waals surface area (Å²) in [6, 6.07) is 8.54. The number of halogens is 1. The average molecular weight is 308 g/mol. The molecular formula is C15H22ClN5. The molecule has 5 nitrogen and oxygen atoms in total. The van der Waals surface area contributed by atoms with Gasteiger partial charge in [0.05, 0.1) is 11.0 Å². The van der Waals surface area contributed by atoms with E-state index in [0.29, 0.717) is 6.04 Å². The van der Waals surface area contributed by atoms with Gasteiger partial charge in [0.2, 0.25) is 0 Å². The molecule has 114 valence electrons. The van der Waals surface area contributed by atoms with Gasteiger partial charge < -0.3 is 15.5 Å². The summed E-state index contributed by atoms with van der Waals surface area (Å²) in [5.41, 5.74) is 1.86. The Morgan fingerprint density at radius 2 is 2.00 bits per heavy atom. The molecule has 1 atom stereocenters. The highest BCUT2D eigenvalue weighted by atomic mass is 35.5. The Bertz CT molecular complexity index is 598. The standard InChI is InChI=1S/C15H21N5.ClH/c1-16-14-15(20(2)10-11-6-5-9-17-11)19-13-8-4-3-7-12(13)18-14;/h3-4,7-8,11,17H,5-6,9-10H2,1-2H3,(H,16,18);1H. The van der Waals surface area contributed by atoms with Crippen molar-refractivity contribution in [2.24, 2.45) is 0 Å². The molecule has 1 aromatic carbocycles. The van der Waals surface area contributed by atoms with Gasteiger partial charge in [0.15, 0.2) is 11.6 Å². The maximum absolute atomic E-state index is 4.76. The predicted molar refractivity (Wildman–Crippen MR) is 90.6 cm³/mol. The molecule has 0 bridgehead atoms. The highest BCUT2D eigenvalue weighted by Gasteiger charge is 2.19. The molecule has 1 saturated heterocycles. The van der Waals surface area contributed by atoms with E-state index in [-0.39, 0.29) is 12.4 Å². The summed E-state index contributed by atoms with van der Waals surface area (Å²) in [4.78, 5) is 11.6. The van der Waals surface area contributed by atoms with E-state index in [2.05, 4.69) is 27.6 Å². The van der Waals surface area contributed by atoms with Crippen LogP contribution in [0.3, 0.4) is 0 Å². The van der Waals surface area contributed by atoms with Gasteiger partial charge in [-0.25, -0.2) is 9.97 Å². The van der Waals surface area contributed by atoms with Crippen LogP contribution in [-0.4, -0.2) is 43.2 Å². The summed E-state index contributed by atoms with van der Waals surface area (Å²) in [5.74, 6) is 1.75. The van der Waals surface area contributed by atoms with Crippen molar-refractivity contribution < 1.29 is 0 Å². The molecule has 3 rings (SSSR count). The highest BCUT2D eigenvalue weighted by molar-refractivity contribution is 5.85. The first-order valence-electron chi connectivity index (χ1n) is 7.17. The largest absolute Gasteiger partial charge is 0.370 e. The summed E-state index contributed by atoms with van der Waals surface area (Å²) in [7, 11) is 3.98. The van der Waals surface area contributed by atoms with Gasteiger partial charge >= 0.3 is 0 Å². The Balaban J connectivity index is 0.00000161. The fourth-order valence-electron chi connectivity index (χ4n) is 2.75.